The third kappa shape index (κ3) is 3.44. The molecule has 2 amide bonds. The lowest BCUT2D eigenvalue weighted by atomic mass is 10.2. The summed E-state index contributed by atoms with van der Waals surface area (Å²) in [6.45, 7) is 0.181. The summed E-state index contributed by atoms with van der Waals surface area (Å²) in [6, 6.07) is -0.750. The molecular formula is C11H13N3O5S. The van der Waals surface area contributed by atoms with Crippen LogP contribution in [0, 0.1) is 0 Å². The van der Waals surface area contributed by atoms with Gasteiger partial charge in [-0.15, -0.1) is 11.3 Å². The maximum atomic E-state index is 11.9. The molecule has 1 aliphatic rings. The average molecular weight is 299 g/mol. The first-order valence-corrected chi connectivity index (χ1v) is 6.77. The summed E-state index contributed by atoms with van der Waals surface area (Å²) in [6.07, 6.45) is 0.877. The predicted molar refractivity (Wildman–Crippen MR) is 68.1 cm³/mol. The Morgan fingerprint density at radius 2 is 2.40 bits per heavy atom. The highest BCUT2D eigenvalue weighted by Gasteiger charge is 2.38. The van der Waals surface area contributed by atoms with Crippen molar-refractivity contribution >= 4 is 29.3 Å². The van der Waals surface area contributed by atoms with Crippen LogP contribution in [-0.2, 0) is 20.9 Å². The normalized spacial score (nSPS) is 17.9. The van der Waals surface area contributed by atoms with E-state index in [1.165, 1.54) is 16.2 Å². The highest BCUT2D eigenvalue weighted by Crippen LogP contribution is 2.17. The quantitative estimate of drug-likeness (QED) is 0.768. The first-order chi connectivity index (χ1) is 9.58. The van der Waals surface area contributed by atoms with Gasteiger partial charge in [0.1, 0.15) is 17.7 Å². The third-order valence-corrected chi connectivity index (χ3v) is 3.47. The molecule has 8 nitrogen and oxygen atoms in total. The Morgan fingerprint density at radius 1 is 1.60 bits per heavy atom. The molecule has 0 aromatic carbocycles. The van der Waals surface area contributed by atoms with Crippen LogP contribution in [0.1, 0.15) is 11.4 Å². The van der Waals surface area contributed by atoms with Gasteiger partial charge < -0.3 is 15.2 Å². The number of hydrogen-bond donors (Lipinski definition) is 2. The van der Waals surface area contributed by atoms with Crippen molar-refractivity contribution < 1.29 is 24.2 Å². The molecule has 1 aromatic rings. The maximum absolute atomic E-state index is 11.9. The molecule has 1 aliphatic heterocycles. The van der Waals surface area contributed by atoms with Crippen LogP contribution >= 0.6 is 11.3 Å². The van der Waals surface area contributed by atoms with Crippen molar-refractivity contribution in [2.45, 2.75) is 19.0 Å². The van der Waals surface area contributed by atoms with Crippen LogP contribution in [0.4, 0.5) is 4.79 Å². The van der Waals surface area contributed by atoms with Crippen molar-refractivity contribution in [2.75, 3.05) is 13.2 Å². The van der Waals surface area contributed by atoms with Gasteiger partial charge in [-0.2, -0.15) is 0 Å². The minimum Gasteiger partial charge on any atom is -0.481 e. The fourth-order valence-electron chi connectivity index (χ4n) is 1.73. The van der Waals surface area contributed by atoms with Crippen LogP contribution in [0.15, 0.2) is 11.6 Å². The number of nitrogens with one attached hydrogen (secondary N) is 1. The molecule has 20 heavy (non-hydrogen) atoms. The SMILES string of the molecule is O=C(O)CCNC(=O)[C@@H]1COC(=O)N1Cc1nccs1. The lowest BCUT2D eigenvalue weighted by Gasteiger charge is -2.19. The van der Waals surface area contributed by atoms with Gasteiger partial charge in [0.2, 0.25) is 5.91 Å². The lowest BCUT2D eigenvalue weighted by molar-refractivity contribution is -0.137. The van der Waals surface area contributed by atoms with Crippen LogP contribution in [0.3, 0.4) is 0 Å². The second-order valence-corrected chi connectivity index (χ2v) is 5.06. The zero-order valence-electron chi connectivity index (χ0n) is 10.4. The molecule has 2 heterocycles. The largest absolute Gasteiger partial charge is 0.481 e. The van der Waals surface area contributed by atoms with Gasteiger partial charge in [-0.1, -0.05) is 0 Å². The van der Waals surface area contributed by atoms with E-state index in [4.69, 9.17) is 9.84 Å². The van der Waals surface area contributed by atoms with Crippen LogP contribution in [0.25, 0.3) is 0 Å². The first-order valence-electron chi connectivity index (χ1n) is 5.89. The average Bonchev–Trinajstić information content (AvgIpc) is 3.01. The molecule has 1 aromatic heterocycles. The number of aromatic nitrogens is 1. The van der Waals surface area contributed by atoms with E-state index in [0.717, 1.165) is 0 Å². The molecule has 1 fully saturated rings. The van der Waals surface area contributed by atoms with E-state index in [0.29, 0.717) is 5.01 Å². The number of carbonyl (C=O) groups excluding carboxylic acids is 2. The highest BCUT2D eigenvalue weighted by molar-refractivity contribution is 7.09. The van der Waals surface area contributed by atoms with E-state index in [2.05, 4.69) is 10.3 Å². The topological polar surface area (TPSA) is 109 Å². The van der Waals surface area contributed by atoms with Crippen molar-refractivity contribution in [3.8, 4) is 0 Å². The zero-order chi connectivity index (χ0) is 14.5. The summed E-state index contributed by atoms with van der Waals surface area (Å²) in [7, 11) is 0. The minimum absolute atomic E-state index is 0.0178. The number of rotatable bonds is 6. The molecule has 0 saturated carbocycles. The minimum atomic E-state index is -0.997. The molecule has 1 saturated heterocycles. The molecule has 108 valence electrons. The summed E-state index contributed by atoms with van der Waals surface area (Å²) in [5.74, 6) is -1.42. The Hall–Kier alpha value is -2.16. The van der Waals surface area contributed by atoms with Gasteiger partial charge in [-0.25, -0.2) is 9.78 Å². The molecule has 0 spiro atoms. The number of cyclic esters (lactones) is 1. The Morgan fingerprint density at radius 3 is 3.05 bits per heavy atom. The maximum Gasteiger partial charge on any atom is 0.411 e. The number of ether oxygens (including phenoxy) is 1. The van der Waals surface area contributed by atoms with Crippen molar-refractivity contribution in [3.63, 3.8) is 0 Å². The zero-order valence-corrected chi connectivity index (χ0v) is 11.3. The lowest BCUT2D eigenvalue weighted by Crippen LogP contribution is -2.45. The number of carbonyl (C=O) groups is 3. The predicted octanol–water partition coefficient (Wildman–Crippen LogP) is 0.0548. The monoisotopic (exact) mass is 299 g/mol. The van der Waals surface area contributed by atoms with Crippen molar-refractivity contribution in [1.29, 1.82) is 0 Å². The summed E-state index contributed by atoms with van der Waals surface area (Å²) in [5.41, 5.74) is 0. The molecule has 0 radical (unpaired) electrons. The smallest absolute Gasteiger partial charge is 0.411 e. The van der Waals surface area contributed by atoms with Gasteiger partial charge in [0.15, 0.2) is 0 Å². The van der Waals surface area contributed by atoms with E-state index in [9.17, 15) is 14.4 Å². The number of nitrogens with zero attached hydrogens (tertiary/aromatic N) is 2. The molecule has 2 rings (SSSR count). The Kier molecular flexibility index (Phi) is 4.51. The molecule has 2 N–H and O–H groups in total. The Labute approximate surface area is 118 Å². The van der Waals surface area contributed by atoms with E-state index in [-0.39, 0.29) is 26.1 Å². The van der Waals surface area contributed by atoms with E-state index >= 15 is 0 Å². The number of carboxylic acids is 1. The van der Waals surface area contributed by atoms with E-state index in [1.54, 1.807) is 11.6 Å². The highest BCUT2D eigenvalue weighted by atomic mass is 32.1. The summed E-state index contributed by atoms with van der Waals surface area (Å²) in [5, 5.41) is 13.5. The molecule has 9 heteroatoms. The molecule has 0 unspecified atom stereocenters. The first kappa shape index (κ1) is 14.3. The van der Waals surface area contributed by atoms with Gasteiger partial charge in [0.05, 0.1) is 13.0 Å². The van der Waals surface area contributed by atoms with Crippen LogP contribution < -0.4 is 5.32 Å². The number of hydrogen-bond acceptors (Lipinski definition) is 6. The standard InChI is InChI=1S/C11H13N3O5S/c15-9(16)1-2-13-10(17)7-6-19-11(18)14(7)5-8-12-3-4-20-8/h3-4,7H,1-2,5-6H2,(H,13,17)(H,15,16)/t7-/m0/s1. The fourth-order valence-corrected chi connectivity index (χ4v) is 2.34. The second kappa shape index (κ2) is 6.33. The third-order valence-electron chi connectivity index (χ3n) is 2.71. The van der Waals surface area contributed by atoms with Gasteiger partial charge in [-0.05, 0) is 0 Å². The number of thiazole rings is 1. The number of carboxylic acid groups (broad SMARTS) is 1. The number of amides is 2. The number of aliphatic carboxylic acids is 1. The molecule has 0 aliphatic carbocycles. The van der Waals surface area contributed by atoms with Gasteiger partial charge in [0.25, 0.3) is 0 Å². The van der Waals surface area contributed by atoms with Crippen LogP contribution in [0.5, 0.6) is 0 Å². The van der Waals surface area contributed by atoms with Crippen LogP contribution in [-0.4, -0.2) is 52.2 Å². The van der Waals surface area contributed by atoms with Crippen molar-refractivity contribution in [1.82, 2.24) is 15.2 Å². The Bertz CT molecular complexity index is 504. The van der Waals surface area contributed by atoms with Crippen molar-refractivity contribution in [2.24, 2.45) is 0 Å². The van der Waals surface area contributed by atoms with Gasteiger partial charge in [0, 0.05) is 18.1 Å². The molecular weight excluding hydrogens is 286 g/mol. The van der Waals surface area contributed by atoms with Gasteiger partial charge >= 0.3 is 12.1 Å². The fraction of sp³-hybridized carbons (Fsp3) is 0.455. The summed E-state index contributed by atoms with van der Waals surface area (Å²) < 4.78 is 4.86. The summed E-state index contributed by atoms with van der Waals surface area (Å²) in [4.78, 5) is 39.2. The second-order valence-electron chi connectivity index (χ2n) is 4.08. The van der Waals surface area contributed by atoms with Crippen LogP contribution in [0.2, 0.25) is 0 Å². The van der Waals surface area contributed by atoms with E-state index < -0.39 is 24.0 Å². The van der Waals surface area contributed by atoms with Gasteiger partial charge in [-0.3, -0.25) is 14.5 Å². The van der Waals surface area contributed by atoms with Crippen molar-refractivity contribution in [3.05, 3.63) is 16.6 Å². The molecule has 0 bridgehead atoms. The Balaban J connectivity index is 1.93. The summed E-state index contributed by atoms with van der Waals surface area (Å²) >= 11 is 1.38. The van der Waals surface area contributed by atoms with E-state index in [1.807, 2.05) is 0 Å². The molecule has 1 atom stereocenters.